The third-order valence-corrected chi connectivity index (χ3v) is 6.16. The van der Waals surface area contributed by atoms with Gasteiger partial charge in [0.2, 0.25) is 0 Å². The van der Waals surface area contributed by atoms with Crippen LogP contribution < -0.4 is 9.64 Å². The van der Waals surface area contributed by atoms with Crippen LogP contribution in [0.4, 0.5) is 17.1 Å². The van der Waals surface area contributed by atoms with Gasteiger partial charge in [-0.3, -0.25) is 0 Å². The molecule has 1 aliphatic heterocycles. The van der Waals surface area contributed by atoms with E-state index in [0.29, 0.717) is 0 Å². The minimum Gasteiger partial charge on any atom is -0.497 e. The molecule has 0 bridgehead atoms. The molecule has 0 unspecified atom stereocenters. The summed E-state index contributed by atoms with van der Waals surface area (Å²) >= 11 is 7.54. The highest BCUT2D eigenvalue weighted by atomic mass is 35.5. The first kappa shape index (κ1) is 17.8. The van der Waals surface area contributed by atoms with E-state index in [1.54, 1.807) is 7.11 Å². The Labute approximate surface area is 176 Å². The monoisotopic (exact) mass is 397 g/mol. The smallest absolute Gasteiger partial charge is 0.123 e. The lowest BCUT2D eigenvalue weighted by molar-refractivity contribution is 0.414. The minimum absolute atomic E-state index is 0.787. The van der Waals surface area contributed by atoms with E-state index in [0.717, 1.165) is 39.5 Å². The van der Waals surface area contributed by atoms with Crippen molar-refractivity contribution in [3.8, 4) is 5.75 Å². The standard InChI is InChI=1S/C26H20ClNO/c1-29-21-17-15-19(16-18-21)26(27)22-11-5-7-13-24(22)28(20-9-3-2-4-10-20)25-14-8-6-12-23(25)26/h2-18H,1H3. The maximum absolute atomic E-state index is 7.54. The highest BCUT2D eigenvalue weighted by Gasteiger charge is 2.43. The quantitative estimate of drug-likeness (QED) is 0.345. The normalized spacial score (nSPS) is 14.1. The first-order valence-electron chi connectivity index (χ1n) is 9.61. The van der Waals surface area contributed by atoms with Crippen molar-refractivity contribution in [3.63, 3.8) is 0 Å². The fourth-order valence-electron chi connectivity index (χ4n) is 4.18. The average Bonchev–Trinajstić information content (AvgIpc) is 2.80. The number of anilines is 3. The number of halogens is 1. The van der Waals surface area contributed by atoms with E-state index in [2.05, 4.69) is 89.8 Å². The summed E-state index contributed by atoms with van der Waals surface area (Å²) in [5.74, 6) is 0.817. The van der Waals surface area contributed by atoms with Gasteiger partial charge in [-0.1, -0.05) is 66.7 Å². The van der Waals surface area contributed by atoms with Gasteiger partial charge in [0, 0.05) is 16.8 Å². The lowest BCUT2D eigenvalue weighted by Crippen LogP contribution is -2.32. The summed E-state index contributed by atoms with van der Waals surface area (Å²) in [4.78, 5) is 1.50. The van der Waals surface area contributed by atoms with Crippen molar-refractivity contribution in [1.29, 1.82) is 0 Å². The zero-order valence-corrected chi connectivity index (χ0v) is 16.8. The molecule has 0 aromatic heterocycles. The zero-order valence-electron chi connectivity index (χ0n) is 16.0. The third kappa shape index (κ3) is 2.72. The Morgan fingerprint density at radius 2 is 1.17 bits per heavy atom. The molecule has 4 aromatic carbocycles. The molecule has 142 valence electrons. The van der Waals surface area contributed by atoms with Crippen LogP contribution in [0.3, 0.4) is 0 Å². The molecule has 1 aliphatic rings. The van der Waals surface area contributed by atoms with Crippen molar-refractivity contribution in [3.05, 3.63) is 120 Å². The molecule has 0 fully saturated rings. The second-order valence-electron chi connectivity index (χ2n) is 7.09. The van der Waals surface area contributed by atoms with Gasteiger partial charge in [0.05, 0.1) is 18.5 Å². The van der Waals surface area contributed by atoms with Crippen LogP contribution in [-0.4, -0.2) is 7.11 Å². The number of methoxy groups -OCH3 is 1. The maximum Gasteiger partial charge on any atom is 0.123 e. The van der Waals surface area contributed by atoms with Gasteiger partial charge >= 0.3 is 0 Å². The SMILES string of the molecule is COc1ccc(C2(Cl)c3ccccc3N(c3ccccc3)c3ccccc32)cc1. The van der Waals surface area contributed by atoms with Gasteiger partial charge in [0.15, 0.2) is 0 Å². The van der Waals surface area contributed by atoms with Crippen LogP contribution in [0.2, 0.25) is 0 Å². The average molecular weight is 398 g/mol. The molecule has 0 spiro atoms. The van der Waals surface area contributed by atoms with Crippen molar-refractivity contribution < 1.29 is 4.74 Å². The number of rotatable bonds is 3. The molecule has 29 heavy (non-hydrogen) atoms. The molecular weight excluding hydrogens is 378 g/mol. The summed E-state index contributed by atoms with van der Waals surface area (Å²) in [5, 5.41) is 0. The topological polar surface area (TPSA) is 12.5 Å². The number of nitrogens with zero attached hydrogens (tertiary/aromatic N) is 1. The molecule has 3 heteroatoms. The first-order chi connectivity index (χ1) is 14.2. The second-order valence-corrected chi connectivity index (χ2v) is 7.66. The predicted octanol–water partition coefficient (Wildman–Crippen LogP) is 7.01. The Morgan fingerprint density at radius 1 is 0.655 bits per heavy atom. The van der Waals surface area contributed by atoms with Gasteiger partial charge in [-0.2, -0.15) is 0 Å². The van der Waals surface area contributed by atoms with Gasteiger partial charge in [-0.25, -0.2) is 0 Å². The highest BCUT2D eigenvalue weighted by Crippen LogP contribution is 2.56. The predicted molar refractivity (Wildman–Crippen MR) is 120 cm³/mol. The van der Waals surface area contributed by atoms with Crippen LogP contribution in [-0.2, 0) is 4.87 Å². The molecule has 0 saturated carbocycles. The van der Waals surface area contributed by atoms with E-state index in [9.17, 15) is 0 Å². The highest BCUT2D eigenvalue weighted by molar-refractivity contribution is 6.30. The molecule has 0 amide bonds. The van der Waals surface area contributed by atoms with Crippen LogP contribution in [0.25, 0.3) is 0 Å². The van der Waals surface area contributed by atoms with E-state index in [1.165, 1.54) is 0 Å². The van der Waals surface area contributed by atoms with Crippen LogP contribution in [0, 0.1) is 0 Å². The van der Waals surface area contributed by atoms with E-state index < -0.39 is 4.87 Å². The molecule has 0 radical (unpaired) electrons. The minimum atomic E-state index is -0.787. The molecule has 4 aromatic rings. The van der Waals surface area contributed by atoms with Gasteiger partial charge in [0.1, 0.15) is 10.6 Å². The number of benzene rings is 4. The van der Waals surface area contributed by atoms with E-state index in [-0.39, 0.29) is 0 Å². The van der Waals surface area contributed by atoms with Crippen molar-refractivity contribution in [1.82, 2.24) is 0 Å². The van der Waals surface area contributed by atoms with Gasteiger partial charge in [-0.05, 0) is 42.0 Å². The van der Waals surface area contributed by atoms with Gasteiger partial charge in [0.25, 0.3) is 0 Å². The number of ether oxygens (including phenoxy) is 1. The van der Waals surface area contributed by atoms with Crippen molar-refractivity contribution in [2.75, 3.05) is 12.0 Å². The van der Waals surface area contributed by atoms with E-state index in [4.69, 9.17) is 16.3 Å². The van der Waals surface area contributed by atoms with Crippen molar-refractivity contribution in [2.45, 2.75) is 4.87 Å². The first-order valence-corrected chi connectivity index (χ1v) is 9.99. The summed E-state index contributed by atoms with van der Waals surface area (Å²) in [6.45, 7) is 0. The summed E-state index contributed by atoms with van der Waals surface area (Å²) in [5.41, 5.74) is 6.43. The molecule has 0 aliphatic carbocycles. The van der Waals surface area contributed by atoms with Crippen LogP contribution in [0.1, 0.15) is 16.7 Å². The van der Waals surface area contributed by atoms with Gasteiger partial charge in [-0.15, -0.1) is 11.6 Å². The van der Waals surface area contributed by atoms with Crippen molar-refractivity contribution in [2.24, 2.45) is 0 Å². The molecule has 0 atom stereocenters. The molecule has 2 nitrogen and oxygen atoms in total. The second kappa shape index (κ2) is 6.98. The number of fused-ring (bicyclic) bond motifs is 2. The number of para-hydroxylation sites is 3. The molecule has 0 saturated heterocycles. The Balaban J connectivity index is 1.81. The zero-order chi connectivity index (χ0) is 19.8. The van der Waals surface area contributed by atoms with Crippen LogP contribution >= 0.6 is 11.6 Å². The number of hydrogen-bond acceptors (Lipinski definition) is 2. The largest absolute Gasteiger partial charge is 0.497 e. The third-order valence-electron chi connectivity index (χ3n) is 5.53. The lowest BCUT2D eigenvalue weighted by Gasteiger charge is -2.42. The van der Waals surface area contributed by atoms with Crippen LogP contribution in [0.5, 0.6) is 5.75 Å². The Morgan fingerprint density at radius 3 is 1.72 bits per heavy atom. The summed E-state index contributed by atoms with van der Waals surface area (Å²) in [7, 11) is 1.68. The molecule has 5 rings (SSSR count). The Hall–Kier alpha value is -3.23. The number of alkyl halides is 1. The van der Waals surface area contributed by atoms with Gasteiger partial charge < -0.3 is 9.64 Å². The fourth-order valence-corrected chi connectivity index (χ4v) is 4.63. The molecular formula is C26H20ClNO. The van der Waals surface area contributed by atoms with E-state index >= 15 is 0 Å². The molecule has 1 heterocycles. The summed E-state index contributed by atoms with van der Waals surface area (Å²) < 4.78 is 5.35. The summed E-state index contributed by atoms with van der Waals surface area (Å²) in [6.07, 6.45) is 0. The number of hydrogen-bond donors (Lipinski definition) is 0. The maximum atomic E-state index is 7.54. The van der Waals surface area contributed by atoms with E-state index in [1.807, 2.05) is 18.2 Å². The van der Waals surface area contributed by atoms with Crippen LogP contribution in [0.15, 0.2) is 103 Å². The molecule has 0 N–H and O–H groups in total. The lowest BCUT2D eigenvalue weighted by atomic mass is 9.79. The van der Waals surface area contributed by atoms with Crippen molar-refractivity contribution >= 4 is 28.7 Å². The Kier molecular flexibility index (Phi) is 4.30. The Bertz CT molecular complexity index is 1110. The fraction of sp³-hybridized carbons (Fsp3) is 0.0769. The summed E-state index contributed by atoms with van der Waals surface area (Å²) in [6, 6.07) is 35.2.